The number of hydrogen-bond acceptors (Lipinski definition) is 6. The molecule has 8 heteroatoms. The average Bonchev–Trinajstić information content (AvgIpc) is 2.96. The predicted octanol–water partition coefficient (Wildman–Crippen LogP) is 6.87. The van der Waals surface area contributed by atoms with Crippen molar-refractivity contribution in [3.8, 4) is 0 Å². The lowest BCUT2D eigenvalue weighted by Gasteiger charge is -2.43. The summed E-state index contributed by atoms with van der Waals surface area (Å²) in [7, 11) is 0. The Bertz CT molecular complexity index is 1280. The maximum atomic E-state index is 15.9. The van der Waals surface area contributed by atoms with E-state index in [-0.39, 0.29) is 37.2 Å². The van der Waals surface area contributed by atoms with E-state index in [0.29, 0.717) is 25.0 Å². The zero-order valence-electron chi connectivity index (χ0n) is 27.6. The number of alkyl halides is 1. The van der Waals surface area contributed by atoms with Gasteiger partial charge in [-0.15, -0.1) is 0 Å². The SMILES string of the molecule is CC[C@H]1OC(=O)[C@@](C)(F)C(=O)[C@H](C)C[C@@]2(C)C[C@@H](C)C(=NC(C)=O)[C@H](C)[C@@H](CC/C(=C\C=C\c3ccccc3)CO2)[C@]1(C)O. The van der Waals surface area contributed by atoms with E-state index >= 15 is 4.39 Å². The molecule has 2 aliphatic heterocycles. The molecule has 0 saturated carbocycles. The van der Waals surface area contributed by atoms with E-state index in [9.17, 15) is 19.5 Å². The lowest BCUT2D eigenvalue weighted by Crippen LogP contribution is -2.55. The van der Waals surface area contributed by atoms with E-state index in [1.54, 1.807) is 20.8 Å². The van der Waals surface area contributed by atoms with Crippen molar-refractivity contribution >= 4 is 29.4 Å². The van der Waals surface area contributed by atoms with Crippen LogP contribution in [0.15, 0.2) is 53.0 Å². The minimum Gasteiger partial charge on any atom is -0.457 e. The van der Waals surface area contributed by atoms with Gasteiger partial charge in [0.1, 0.15) is 11.7 Å². The van der Waals surface area contributed by atoms with Gasteiger partial charge in [-0.25, -0.2) is 14.2 Å². The van der Waals surface area contributed by atoms with E-state index < -0.39 is 46.6 Å². The lowest BCUT2D eigenvalue weighted by molar-refractivity contribution is -0.186. The molecule has 0 unspecified atom stereocenters. The first-order valence-electron chi connectivity index (χ1n) is 15.8. The molecular weight excluding hydrogens is 561 g/mol. The second-order valence-electron chi connectivity index (χ2n) is 13.4. The molecule has 0 aliphatic carbocycles. The third kappa shape index (κ3) is 8.39. The number of nitrogens with zero attached hydrogens (tertiary/aromatic N) is 1. The molecule has 1 aromatic rings. The zero-order chi connectivity index (χ0) is 32.9. The highest BCUT2D eigenvalue weighted by Crippen LogP contribution is 2.42. The molecule has 3 rings (SSSR count). The van der Waals surface area contributed by atoms with Crippen LogP contribution in [0.5, 0.6) is 0 Å². The van der Waals surface area contributed by atoms with E-state index in [4.69, 9.17) is 9.47 Å². The molecule has 2 aliphatic rings. The predicted molar refractivity (Wildman–Crippen MR) is 171 cm³/mol. The Balaban J connectivity index is 2.24. The second-order valence-corrected chi connectivity index (χ2v) is 13.4. The highest BCUT2D eigenvalue weighted by atomic mass is 19.1. The van der Waals surface area contributed by atoms with Crippen LogP contribution in [0.1, 0.15) is 93.1 Å². The fourth-order valence-corrected chi connectivity index (χ4v) is 7.12. The molecule has 2 heterocycles. The van der Waals surface area contributed by atoms with Crippen molar-refractivity contribution in [3.63, 3.8) is 0 Å². The molecule has 0 aromatic heterocycles. The van der Waals surface area contributed by atoms with Gasteiger partial charge >= 0.3 is 5.97 Å². The van der Waals surface area contributed by atoms with Crippen LogP contribution in [0.25, 0.3) is 6.08 Å². The van der Waals surface area contributed by atoms with Crippen LogP contribution in [-0.4, -0.2) is 58.1 Å². The average molecular weight is 612 g/mol. The standard InChI is InChI=1S/C36H50FNO6/c1-9-30-36(8,42)29-19-18-28(17-13-16-27-14-11-10-12-15-27)22-43-34(6,20-23(2)31(25(29)4)38-26(5)39)21-24(3)32(40)35(7,37)33(41)44-30/h10-17,23-25,29-30,42H,9,18-22H2,1-8H3/b16-13+,28-17+,38-31?/t23-,24-,25-,29-,30-,34-,35+,36+/m1/s1. The molecule has 1 N–H and O–H groups in total. The number of aliphatic hydroxyl groups is 1. The van der Waals surface area contributed by atoms with Crippen molar-refractivity contribution in [1.29, 1.82) is 0 Å². The van der Waals surface area contributed by atoms with Gasteiger partial charge in [-0.05, 0) is 75.8 Å². The number of ketones is 1. The summed E-state index contributed by atoms with van der Waals surface area (Å²) in [5.74, 6) is -4.61. The van der Waals surface area contributed by atoms with Gasteiger partial charge in [-0.3, -0.25) is 9.59 Å². The Hall–Kier alpha value is -2.97. The van der Waals surface area contributed by atoms with Gasteiger partial charge < -0.3 is 14.6 Å². The number of allylic oxidation sites excluding steroid dienone is 2. The highest BCUT2D eigenvalue weighted by Gasteiger charge is 2.52. The normalized spacial score (nSPS) is 38.2. The van der Waals surface area contributed by atoms with Crippen LogP contribution in [0.2, 0.25) is 0 Å². The number of aliphatic imine (C=N–C) groups is 1. The van der Waals surface area contributed by atoms with Gasteiger partial charge in [0.05, 0.1) is 12.2 Å². The van der Waals surface area contributed by atoms with Gasteiger partial charge in [-0.2, -0.15) is 0 Å². The molecule has 2 fully saturated rings. The summed E-state index contributed by atoms with van der Waals surface area (Å²) in [6.45, 7) is 13.3. The second kappa shape index (κ2) is 14.4. The summed E-state index contributed by atoms with van der Waals surface area (Å²) in [6.07, 6.45) is 6.63. The third-order valence-corrected chi connectivity index (χ3v) is 9.46. The van der Waals surface area contributed by atoms with Crippen molar-refractivity contribution in [2.24, 2.45) is 28.7 Å². The summed E-state index contributed by atoms with van der Waals surface area (Å²) in [5, 5.41) is 12.2. The summed E-state index contributed by atoms with van der Waals surface area (Å²) in [5.41, 5.74) is -2.81. The fourth-order valence-electron chi connectivity index (χ4n) is 7.12. The summed E-state index contributed by atoms with van der Waals surface area (Å²) in [6, 6.07) is 9.92. The number of fused-ring (bicyclic) bond motifs is 5. The van der Waals surface area contributed by atoms with Gasteiger partial charge in [0.15, 0.2) is 5.78 Å². The molecule has 2 saturated heterocycles. The number of rotatable bonds is 3. The Morgan fingerprint density at radius 2 is 1.73 bits per heavy atom. The molecule has 0 radical (unpaired) electrons. The Kier molecular flexibility index (Phi) is 11.6. The molecule has 0 spiro atoms. The number of carbonyl (C=O) groups is 3. The number of amides is 1. The Morgan fingerprint density at radius 1 is 1.09 bits per heavy atom. The largest absolute Gasteiger partial charge is 0.457 e. The number of benzene rings is 1. The van der Waals surface area contributed by atoms with Crippen molar-refractivity contribution in [2.75, 3.05) is 6.61 Å². The molecule has 1 aromatic carbocycles. The van der Waals surface area contributed by atoms with Crippen molar-refractivity contribution < 1.29 is 33.4 Å². The molecule has 8 atom stereocenters. The zero-order valence-corrected chi connectivity index (χ0v) is 27.6. The van der Waals surface area contributed by atoms with E-state index in [0.717, 1.165) is 18.1 Å². The first-order chi connectivity index (χ1) is 20.5. The van der Waals surface area contributed by atoms with Crippen LogP contribution < -0.4 is 0 Å². The summed E-state index contributed by atoms with van der Waals surface area (Å²) < 4.78 is 28.2. The maximum absolute atomic E-state index is 15.9. The highest BCUT2D eigenvalue weighted by molar-refractivity contribution is 6.07. The number of halogens is 1. The number of carbonyl (C=O) groups excluding carboxylic acids is 3. The number of hydrogen-bond donors (Lipinski definition) is 1. The van der Waals surface area contributed by atoms with E-state index in [1.807, 2.05) is 69.3 Å². The van der Waals surface area contributed by atoms with Crippen LogP contribution in [0, 0.1) is 23.7 Å². The lowest BCUT2D eigenvalue weighted by atomic mass is 9.68. The monoisotopic (exact) mass is 611 g/mol. The first-order valence-corrected chi connectivity index (χ1v) is 15.8. The van der Waals surface area contributed by atoms with Crippen molar-refractivity contribution in [3.05, 3.63) is 53.6 Å². The van der Waals surface area contributed by atoms with Crippen molar-refractivity contribution in [1.82, 2.24) is 0 Å². The number of Topliss-reactive ketones (excluding diaryl/α,β-unsaturated/α-hetero) is 1. The van der Waals surface area contributed by atoms with Gasteiger partial charge in [0.2, 0.25) is 5.91 Å². The molecular formula is C36H50FNO6. The van der Waals surface area contributed by atoms with Gasteiger partial charge in [-0.1, -0.05) is 76.3 Å². The summed E-state index contributed by atoms with van der Waals surface area (Å²) >= 11 is 0. The van der Waals surface area contributed by atoms with Crippen LogP contribution in [-0.2, 0) is 23.9 Å². The summed E-state index contributed by atoms with van der Waals surface area (Å²) in [4.78, 5) is 43.5. The number of esters is 1. The van der Waals surface area contributed by atoms with Crippen LogP contribution >= 0.6 is 0 Å². The third-order valence-electron chi connectivity index (χ3n) is 9.46. The maximum Gasteiger partial charge on any atom is 0.351 e. The van der Waals surface area contributed by atoms with Crippen LogP contribution in [0.4, 0.5) is 4.39 Å². The van der Waals surface area contributed by atoms with Crippen molar-refractivity contribution in [2.45, 2.75) is 110 Å². The van der Waals surface area contributed by atoms with Gasteiger partial charge in [0, 0.05) is 24.5 Å². The molecule has 2 bridgehead atoms. The molecule has 7 nitrogen and oxygen atoms in total. The van der Waals surface area contributed by atoms with Gasteiger partial charge in [0.25, 0.3) is 5.67 Å². The smallest absolute Gasteiger partial charge is 0.351 e. The molecule has 1 amide bonds. The molecule has 242 valence electrons. The number of cyclic esters (lactones) is 1. The van der Waals surface area contributed by atoms with E-state index in [2.05, 4.69) is 4.99 Å². The Labute approximate surface area is 262 Å². The van der Waals surface area contributed by atoms with E-state index in [1.165, 1.54) is 6.92 Å². The van der Waals surface area contributed by atoms with Crippen LogP contribution in [0.3, 0.4) is 0 Å². The molecule has 44 heavy (non-hydrogen) atoms. The Morgan fingerprint density at radius 3 is 2.34 bits per heavy atom. The number of ether oxygens (including phenoxy) is 2. The first kappa shape index (κ1) is 35.5. The minimum atomic E-state index is -2.89. The fraction of sp³-hybridized carbons (Fsp3) is 0.611. The quantitative estimate of drug-likeness (QED) is 0.296. The minimum absolute atomic E-state index is 0.149. The topological polar surface area (TPSA) is 102 Å².